The Morgan fingerprint density at radius 2 is 2.23 bits per heavy atom. The second-order valence-corrected chi connectivity index (χ2v) is 3.89. The molecule has 0 fully saturated rings. The third kappa shape index (κ3) is 5.25. The molecule has 0 radical (unpaired) electrons. The third-order valence-electron chi connectivity index (χ3n) is 1.50. The lowest BCUT2D eigenvalue weighted by molar-refractivity contribution is 0.140. The van der Waals surface area contributed by atoms with Gasteiger partial charge in [0.1, 0.15) is 6.61 Å². The highest BCUT2D eigenvalue weighted by Gasteiger charge is 2.16. The zero-order valence-electron chi connectivity index (χ0n) is 8.45. The molecule has 0 heterocycles. The highest BCUT2D eigenvalue weighted by molar-refractivity contribution is 5.21. The number of hydrogen-bond donors (Lipinski definition) is 2. The maximum Gasteiger partial charge on any atom is 0.135 e. The van der Waals surface area contributed by atoms with Crippen LogP contribution in [0, 0.1) is 5.41 Å². The Bertz CT molecular complexity index is 194. The molecule has 0 aliphatic carbocycles. The van der Waals surface area contributed by atoms with E-state index in [0.717, 1.165) is 0 Å². The van der Waals surface area contributed by atoms with Gasteiger partial charge in [-0.25, -0.2) is 0 Å². The van der Waals surface area contributed by atoms with Crippen LogP contribution in [0.15, 0.2) is 17.0 Å². The minimum absolute atomic E-state index is 0.226. The Morgan fingerprint density at radius 1 is 1.69 bits per heavy atom. The lowest BCUT2D eigenvalue weighted by Crippen LogP contribution is -2.25. The summed E-state index contributed by atoms with van der Waals surface area (Å²) in [7, 11) is 0. The summed E-state index contributed by atoms with van der Waals surface area (Å²) >= 11 is 0. The van der Waals surface area contributed by atoms with Gasteiger partial charge < -0.3 is 15.7 Å². The van der Waals surface area contributed by atoms with Gasteiger partial charge in [0.05, 0.1) is 11.8 Å². The number of allylic oxidation sites excluding steroid dienone is 1. The first-order valence-corrected chi connectivity index (χ1v) is 4.12. The first kappa shape index (κ1) is 12.0. The van der Waals surface area contributed by atoms with Crippen molar-refractivity contribution in [3.8, 4) is 0 Å². The van der Waals surface area contributed by atoms with Crippen molar-refractivity contribution in [2.45, 2.75) is 26.8 Å². The molecule has 0 amide bonds. The average Bonchev–Trinajstić information content (AvgIpc) is 1.99. The molecular weight excluding hydrogens is 168 g/mol. The molecule has 4 heteroatoms. The second-order valence-electron chi connectivity index (χ2n) is 3.89. The van der Waals surface area contributed by atoms with Crippen molar-refractivity contribution in [1.82, 2.24) is 0 Å². The van der Waals surface area contributed by atoms with Crippen molar-refractivity contribution in [3.63, 3.8) is 0 Å². The Labute approximate surface area is 79.1 Å². The molecule has 0 aromatic rings. The van der Waals surface area contributed by atoms with Crippen LogP contribution in [-0.4, -0.2) is 24.5 Å². The van der Waals surface area contributed by atoms with E-state index in [-0.39, 0.29) is 23.8 Å². The first-order valence-electron chi connectivity index (χ1n) is 4.12. The Kier molecular flexibility index (Phi) is 4.48. The van der Waals surface area contributed by atoms with Gasteiger partial charge in [-0.05, 0) is 6.08 Å². The lowest BCUT2D eigenvalue weighted by atomic mass is 9.93. The van der Waals surface area contributed by atoms with E-state index in [0.29, 0.717) is 0 Å². The molecule has 0 spiro atoms. The fraction of sp³-hybridized carbons (Fsp3) is 0.667. The van der Waals surface area contributed by atoms with Gasteiger partial charge in [0.25, 0.3) is 0 Å². The molecule has 3 N–H and O–H groups in total. The highest BCUT2D eigenvalue weighted by Crippen LogP contribution is 2.22. The predicted molar refractivity (Wildman–Crippen MR) is 53.6 cm³/mol. The molecule has 1 unspecified atom stereocenters. The zero-order chi connectivity index (χ0) is 10.5. The van der Waals surface area contributed by atoms with Crippen molar-refractivity contribution in [1.29, 1.82) is 0 Å². The molecule has 0 bridgehead atoms. The predicted octanol–water partition coefficient (Wildman–Crippen LogP) is 1.43. The van der Waals surface area contributed by atoms with Crippen LogP contribution in [0.2, 0.25) is 0 Å². The van der Waals surface area contributed by atoms with Gasteiger partial charge in [-0.1, -0.05) is 20.8 Å². The third-order valence-corrected chi connectivity index (χ3v) is 1.50. The highest BCUT2D eigenvalue weighted by atomic mass is 16.6. The van der Waals surface area contributed by atoms with E-state index in [1.54, 1.807) is 6.08 Å². The van der Waals surface area contributed by atoms with Crippen LogP contribution in [0.4, 0.5) is 0 Å². The van der Waals surface area contributed by atoms with Gasteiger partial charge >= 0.3 is 0 Å². The standard InChI is InChI=1S/C9H18N2O2/c1-9(2,3)8(12)5-7(10)6-13-11-4/h5,7,12H,4,6,10H2,1-3H3/b8-5-. The van der Waals surface area contributed by atoms with Gasteiger partial charge in [-0.15, -0.1) is 5.16 Å². The van der Waals surface area contributed by atoms with Crippen LogP contribution in [-0.2, 0) is 4.84 Å². The van der Waals surface area contributed by atoms with E-state index in [9.17, 15) is 5.11 Å². The second kappa shape index (κ2) is 4.87. The SMILES string of the molecule is C=NOCC(N)/C=C(\O)C(C)(C)C. The average molecular weight is 186 g/mol. The molecule has 1 atom stereocenters. The fourth-order valence-corrected chi connectivity index (χ4v) is 0.640. The van der Waals surface area contributed by atoms with Gasteiger partial charge in [-0.3, -0.25) is 0 Å². The monoisotopic (exact) mass is 186 g/mol. The van der Waals surface area contributed by atoms with Gasteiger partial charge in [0.2, 0.25) is 0 Å². The molecule has 0 aromatic carbocycles. The molecule has 13 heavy (non-hydrogen) atoms. The van der Waals surface area contributed by atoms with E-state index in [1.807, 2.05) is 20.8 Å². The quantitative estimate of drug-likeness (QED) is 0.396. The lowest BCUT2D eigenvalue weighted by Gasteiger charge is -2.18. The molecule has 0 aromatic heterocycles. The molecule has 0 aliphatic heterocycles. The molecule has 0 saturated carbocycles. The van der Waals surface area contributed by atoms with Crippen LogP contribution >= 0.6 is 0 Å². The van der Waals surface area contributed by atoms with Gasteiger partial charge in [-0.2, -0.15) is 0 Å². The van der Waals surface area contributed by atoms with Crippen molar-refractivity contribution in [3.05, 3.63) is 11.8 Å². The summed E-state index contributed by atoms with van der Waals surface area (Å²) < 4.78 is 0. The van der Waals surface area contributed by atoms with E-state index < -0.39 is 0 Å². The van der Waals surface area contributed by atoms with Crippen LogP contribution in [0.5, 0.6) is 0 Å². The number of nitrogens with two attached hydrogens (primary N) is 1. The zero-order valence-corrected chi connectivity index (χ0v) is 8.45. The number of hydrogen-bond acceptors (Lipinski definition) is 4. The molecular formula is C9H18N2O2. The van der Waals surface area contributed by atoms with E-state index in [4.69, 9.17) is 5.73 Å². The van der Waals surface area contributed by atoms with E-state index >= 15 is 0 Å². The summed E-state index contributed by atoms with van der Waals surface area (Å²) in [5.41, 5.74) is 5.33. The topological polar surface area (TPSA) is 67.8 Å². The van der Waals surface area contributed by atoms with E-state index in [2.05, 4.69) is 16.7 Å². The van der Waals surface area contributed by atoms with Crippen LogP contribution in [0.1, 0.15) is 20.8 Å². The maximum absolute atomic E-state index is 9.53. The number of aliphatic hydroxyl groups is 1. The van der Waals surface area contributed by atoms with Gasteiger partial charge in [0, 0.05) is 12.1 Å². The van der Waals surface area contributed by atoms with Crippen LogP contribution < -0.4 is 5.73 Å². The van der Waals surface area contributed by atoms with Crippen molar-refractivity contribution < 1.29 is 9.94 Å². The first-order chi connectivity index (χ1) is 5.88. The number of rotatable bonds is 4. The number of aliphatic hydroxyl groups excluding tert-OH is 1. The maximum atomic E-state index is 9.53. The van der Waals surface area contributed by atoms with Crippen LogP contribution in [0.3, 0.4) is 0 Å². The normalized spacial score (nSPS) is 15.2. The molecule has 0 saturated heterocycles. The molecule has 0 aliphatic rings. The number of nitrogens with zero attached hydrogens (tertiary/aromatic N) is 1. The largest absolute Gasteiger partial charge is 0.512 e. The van der Waals surface area contributed by atoms with E-state index in [1.165, 1.54) is 0 Å². The Balaban J connectivity index is 4.13. The summed E-state index contributed by atoms with van der Waals surface area (Å²) in [5, 5.41) is 12.7. The summed E-state index contributed by atoms with van der Waals surface area (Å²) in [5.74, 6) is 0.257. The molecule has 76 valence electrons. The van der Waals surface area contributed by atoms with Crippen molar-refractivity contribution >= 4 is 6.72 Å². The Hall–Kier alpha value is -1.03. The number of oxime groups is 1. The molecule has 4 nitrogen and oxygen atoms in total. The Morgan fingerprint density at radius 3 is 2.62 bits per heavy atom. The van der Waals surface area contributed by atoms with Crippen LogP contribution in [0.25, 0.3) is 0 Å². The van der Waals surface area contributed by atoms with Crippen molar-refractivity contribution in [2.75, 3.05) is 6.61 Å². The summed E-state index contributed by atoms with van der Waals surface area (Å²) in [4.78, 5) is 4.64. The van der Waals surface area contributed by atoms with Crippen molar-refractivity contribution in [2.24, 2.45) is 16.3 Å². The van der Waals surface area contributed by atoms with Gasteiger partial charge in [0.15, 0.2) is 0 Å². The fourth-order valence-electron chi connectivity index (χ4n) is 0.640. The summed E-state index contributed by atoms with van der Waals surface area (Å²) in [6.45, 7) is 9.08. The minimum atomic E-state index is -0.357. The summed E-state index contributed by atoms with van der Waals surface area (Å²) in [6, 6.07) is -0.357. The smallest absolute Gasteiger partial charge is 0.135 e. The summed E-state index contributed by atoms with van der Waals surface area (Å²) in [6.07, 6.45) is 1.56. The minimum Gasteiger partial charge on any atom is -0.512 e. The molecule has 0 rings (SSSR count).